The molecule has 0 bridgehead atoms. The molecule has 3 aromatic rings. The van der Waals surface area contributed by atoms with E-state index in [2.05, 4.69) is 29.4 Å². The molecular formula is C22H20N2O4S. The van der Waals surface area contributed by atoms with Gasteiger partial charge >= 0.3 is 0 Å². The largest absolute Gasteiger partial charge is 0.493 e. The first-order valence-corrected chi connectivity index (χ1v) is 10.1. The van der Waals surface area contributed by atoms with Gasteiger partial charge in [-0.15, -0.1) is 0 Å². The van der Waals surface area contributed by atoms with Crippen LogP contribution >= 0.6 is 11.8 Å². The number of imide groups is 1. The second-order valence-corrected chi connectivity index (χ2v) is 7.91. The van der Waals surface area contributed by atoms with Crippen molar-refractivity contribution in [2.24, 2.45) is 0 Å². The van der Waals surface area contributed by atoms with Gasteiger partial charge in [0.15, 0.2) is 0 Å². The number of carbonyl (C=O) groups is 2. The smallest absolute Gasteiger partial charge is 0.290 e. The maximum absolute atomic E-state index is 11.8. The molecule has 29 heavy (non-hydrogen) atoms. The van der Waals surface area contributed by atoms with E-state index in [1.807, 2.05) is 19.9 Å². The molecular weight excluding hydrogens is 388 g/mol. The van der Waals surface area contributed by atoms with E-state index in [0.29, 0.717) is 22.9 Å². The lowest BCUT2D eigenvalue weighted by Crippen LogP contribution is -2.17. The van der Waals surface area contributed by atoms with Crippen molar-refractivity contribution in [2.75, 3.05) is 6.61 Å². The molecule has 1 fully saturated rings. The highest BCUT2D eigenvalue weighted by molar-refractivity contribution is 8.18. The van der Waals surface area contributed by atoms with E-state index in [4.69, 9.17) is 9.15 Å². The molecule has 6 nitrogen and oxygen atoms in total. The van der Waals surface area contributed by atoms with Crippen LogP contribution < -0.4 is 10.1 Å². The lowest BCUT2D eigenvalue weighted by atomic mass is 10.00. The molecule has 1 aliphatic heterocycles. The summed E-state index contributed by atoms with van der Waals surface area (Å²) in [6.45, 7) is 6.82. The van der Waals surface area contributed by atoms with Gasteiger partial charge in [-0.3, -0.25) is 19.9 Å². The van der Waals surface area contributed by atoms with E-state index in [9.17, 15) is 9.59 Å². The van der Waals surface area contributed by atoms with Gasteiger partial charge < -0.3 is 9.15 Å². The van der Waals surface area contributed by atoms with Gasteiger partial charge in [0.1, 0.15) is 17.1 Å². The standard InChI is InChI=1S/C22H20N2O4S/c1-4-5-27-19-12(2)6-14(7-13(19)3)17-11-23-10-15-8-16(28-20(15)17)9-18-21(25)24-22(26)29-18/h6-11H,4-5H2,1-3H3,(H,24,25,26)/b18-9-. The summed E-state index contributed by atoms with van der Waals surface area (Å²) < 4.78 is 11.9. The number of aryl methyl sites for hydroxylation is 2. The van der Waals surface area contributed by atoms with Crippen molar-refractivity contribution >= 4 is 40.0 Å². The molecule has 4 rings (SSSR count). The van der Waals surface area contributed by atoms with Crippen LogP contribution in [0.3, 0.4) is 0 Å². The first-order chi connectivity index (χ1) is 14.0. The molecule has 7 heteroatoms. The van der Waals surface area contributed by atoms with Crippen LogP contribution in [0, 0.1) is 13.8 Å². The van der Waals surface area contributed by atoms with Crippen LogP contribution in [-0.2, 0) is 4.79 Å². The van der Waals surface area contributed by atoms with Crippen LogP contribution in [0.1, 0.15) is 30.2 Å². The molecule has 0 unspecified atom stereocenters. The Balaban J connectivity index is 1.76. The number of benzene rings is 1. The summed E-state index contributed by atoms with van der Waals surface area (Å²) in [5, 5.41) is 2.69. The molecule has 0 spiro atoms. The summed E-state index contributed by atoms with van der Waals surface area (Å²) in [7, 11) is 0. The second-order valence-electron chi connectivity index (χ2n) is 6.89. The first kappa shape index (κ1) is 19.3. The van der Waals surface area contributed by atoms with Crippen LogP contribution in [0.2, 0.25) is 0 Å². The topological polar surface area (TPSA) is 81.4 Å². The second kappa shape index (κ2) is 7.75. The molecule has 2 amide bonds. The van der Waals surface area contributed by atoms with E-state index >= 15 is 0 Å². The molecule has 148 valence electrons. The fourth-order valence-electron chi connectivity index (χ4n) is 3.35. The molecule has 1 saturated heterocycles. The number of nitrogens with zero attached hydrogens (tertiary/aromatic N) is 1. The number of rotatable bonds is 5. The normalized spacial score (nSPS) is 15.3. The summed E-state index contributed by atoms with van der Waals surface area (Å²) in [5.74, 6) is 1.00. The van der Waals surface area contributed by atoms with E-state index in [1.54, 1.807) is 18.5 Å². The molecule has 0 radical (unpaired) electrons. The molecule has 1 N–H and O–H groups in total. The highest BCUT2D eigenvalue weighted by Crippen LogP contribution is 2.35. The monoisotopic (exact) mass is 408 g/mol. The third kappa shape index (κ3) is 3.78. The predicted molar refractivity (Wildman–Crippen MR) is 114 cm³/mol. The third-order valence-electron chi connectivity index (χ3n) is 4.58. The molecule has 2 aromatic heterocycles. The third-order valence-corrected chi connectivity index (χ3v) is 5.39. The Hall–Kier alpha value is -3.06. The highest BCUT2D eigenvalue weighted by atomic mass is 32.2. The van der Waals surface area contributed by atoms with E-state index in [0.717, 1.165) is 51.6 Å². The number of hydrogen-bond donors (Lipinski definition) is 1. The zero-order chi connectivity index (χ0) is 20.5. The van der Waals surface area contributed by atoms with Gasteiger partial charge in [0.2, 0.25) is 0 Å². The van der Waals surface area contributed by atoms with Crippen LogP contribution in [0.4, 0.5) is 4.79 Å². The van der Waals surface area contributed by atoms with Crippen molar-refractivity contribution in [1.29, 1.82) is 0 Å². The van der Waals surface area contributed by atoms with Gasteiger partial charge in [-0.1, -0.05) is 6.92 Å². The lowest BCUT2D eigenvalue weighted by Gasteiger charge is -2.13. The van der Waals surface area contributed by atoms with Gasteiger partial charge in [0.05, 0.1) is 11.5 Å². The fourth-order valence-corrected chi connectivity index (χ4v) is 4.01. The summed E-state index contributed by atoms with van der Waals surface area (Å²) >= 11 is 0.863. The number of hydrogen-bond acceptors (Lipinski definition) is 6. The van der Waals surface area contributed by atoms with Crippen molar-refractivity contribution in [3.63, 3.8) is 0 Å². The zero-order valence-corrected chi connectivity index (χ0v) is 17.2. The maximum Gasteiger partial charge on any atom is 0.290 e. The van der Waals surface area contributed by atoms with Crippen molar-refractivity contribution in [2.45, 2.75) is 27.2 Å². The highest BCUT2D eigenvalue weighted by Gasteiger charge is 2.25. The average Bonchev–Trinajstić information content (AvgIpc) is 3.22. The number of aromatic nitrogens is 1. The summed E-state index contributed by atoms with van der Waals surface area (Å²) in [4.78, 5) is 27.8. The molecule has 1 aliphatic rings. The van der Waals surface area contributed by atoms with E-state index in [-0.39, 0.29) is 5.24 Å². The lowest BCUT2D eigenvalue weighted by molar-refractivity contribution is -0.115. The molecule has 0 saturated carbocycles. The SMILES string of the molecule is CCCOc1c(C)cc(-c2cncc3cc(/C=C4\SC(=O)NC4=O)oc23)cc1C. The zero-order valence-electron chi connectivity index (χ0n) is 16.4. The average molecular weight is 408 g/mol. The van der Waals surface area contributed by atoms with Gasteiger partial charge in [0, 0.05) is 29.4 Å². The van der Waals surface area contributed by atoms with Crippen LogP contribution in [-0.4, -0.2) is 22.7 Å². The maximum atomic E-state index is 11.8. The first-order valence-electron chi connectivity index (χ1n) is 9.33. The summed E-state index contributed by atoms with van der Waals surface area (Å²) in [6.07, 6.45) is 6.02. The van der Waals surface area contributed by atoms with Crippen molar-refractivity contribution in [3.05, 3.63) is 52.4 Å². The molecule has 3 heterocycles. The van der Waals surface area contributed by atoms with E-state index < -0.39 is 5.91 Å². The number of thioether (sulfide) groups is 1. The van der Waals surface area contributed by atoms with Crippen LogP contribution in [0.15, 0.2) is 39.9 Å². The Bertz CT molecular complexity index is 1140. The Morgan fingerprint density at radius 2 is 1.93 bits per heavy atom. The Labute approximate surface area is 172 Å². The summed E-state index contributed by atoms with van der Waals surface area (Å²) in [5.41, 5.74) is 4.63. The Kier molecular flexibility index (Phi) is 5.15. The number of pyridine rings is 1. The minimum Gasteiger partial charge on any atom is -0.493 e. The van der Waals surface area contributed by atoms with E-state index in [1.165, 1.54) is 0 Å². The van der Waals surface area contributed by atoms with Crippen LogP contribution in [0.5, 0.6) is 5.75 Å². The van der Waals surface area contributed by atoms with Gasteiger partial charge in [-0.2, -0.15) is 0 Å². The number of ether oxygens (including phenoxy) is 1. The van der Waals surface area contributed by atoms with Gasteiger partial charge in [0.25, 0.3) is 11.1 Å². The summed E-state index contributed by atoms with van der Waals surface area (Å²) in [6, 6.07) is 5.94. The van der Waals surface area contributed by atoms with Crippen molar-refractivity contribution < 1.29 is 18.7 Å². The Morgan fingerprint density at radius 1 is 1.17 bits per heavy atom. The molecule has 0 aliphatic carbocycles. The predicted octanol–water partition coefficient (Wildman–Crippen LogP) is 5.22. The number of nitrogens with one attached hydrogen (secondary N) is 1. The minimum atomic E-state index is -0.410. The van der Waals surface area contributed by atoms with Crippen molar-refractivity contribution in [3.8, 4) is 16.9 Å². The Morgan fingerprint density at radius 3 is 2.59 bits per heavy atom. The van der Waals surface area contributed by atoms with Gasteiger partial charge in [-0.25, -0.2) is 0 Å². The van der Waals surface area contributed by atoms with Gasteiger partial charge in [-0.05, 0) is 66.9 Å². The minimum absolute atomic E-state index is 0.313. The number of fused-ring (bicyclic) bond motifs is 1. The molecule has 1 aromatic carbocycles. The molecule has 0 atom stereocenters. The number of carbonyl (C=O) groups excluding carboxylic acids is 2. The fraction of sp³-hybridized carbons (Fsp3) is 0.227. The number of amides is 2. The quantitative estimate of drug-likeness (QED) is 0.583. The van der Waals surface area contributed by atoms with Crippen molar-refractivity contribution in [1.82, 2.24) is 10.3 Å². The number of furan rings is 1. The van der Waals surface area contributed by atoms with Crippen LogP contribution in [0.25, 0.3) is 28.2 Å².